The number of fused-ring (bicyclic) bond motifs is 1. The Kier molecular flexibility index (Phi) is 7.80. The van der Waals surface area contributed by atoms with Gasteiger partial charge in [-0.05, 0) is 43.0 Å². The summed E-state index contributed by atoms with van der Waals surface area (Å²) in [5, 5.41) is 8.22. The first-order valence-electron chi connectivity index (χ1n) is 11.7. The topological polar surface area (TPSA) is 64.7 Å². The maximum Gasteiger partial charge on any atom is 0.191 e. The summed E-state index contributed by atoms with van der Waals surface area (Å²) in [6.45, 7) is 11.2. The molecular formula is C26H35N5O. The molecule has 0 unspecified atom stereocenters. The van der Waals surface area contributed by atoms with Gasteiger partial charge in [-0.25, -0.2) is 4.99 Å². The van der Waals surface area contributed by atoms with Crippen molar-refractivity contribution in [3.63, 3.8) is 0 Å². The minimum atomic E-state index is 0.669. The van der Waals surface area contributed by atoms with E-state index < -0.39 is 0 Å². The van der Waals surface area contributed by atoms with E-state index >= 15 is 0 Å². The number of hydrogen-bond acceptors (Lipinski definition) is 3. The molecule has 2 heterocycles. The molecular weight excluding hydrogens is 398 g/mol. The minimum Gasteiger partial charge on any atom is -0.379 e. The zero-order valence-electron chi connectivity index (χ0n) is 19.3. The molecule has 0 amide bonds. The minimum absolute atomic E-state index is 0.669. The monoisotopic (exact) mass is 433 g/mol. The first kappa shape index (κ1) is 22.4. The Balaban J connectivity index is 1.38. The first-order valence-corrected chi connectivity index (χ1v) is 11.7. The molecule has 170 valence electrons. The fourth-order valence-electron chi connectivity index (χ4n) is 4.33. The molecule has 2 aromatic carbocycles. The van der Waals surface area contributed by atoms with Gasteiger partial charge in [0.1, 0.15) is 0 Å². The zero-order valence-corrected chi connectivity index (χ0v) is 19.3. The number of nitrogens with one attached hydrogen (secondary N) is 3. The van der Waals surface area contributed by atoms with Crippen LogP contribution in [0.3, 0.4) is 0 Å². The second kappa shape index (κ2) is 11.2. The standard InChI is InChI=1S/C26H35N5O/c1-3-27-26(28-13-12-23-20(2)30-25-11-7-6-10-24(23)25)29-18-21-8-4-5-9-22(21)19-31-14-16-32-17-15-31/h4-11,30H,3,12-19H2,1-2H3,(H2,27,28,29). The van der Waals surface area contributed by atoms with Gasteiger partial charge >= 0.3 is 0 Å². The molecule has 0 saturated carbocycles. The van der Waals surface area contributed by atoms with Gasteiger partial charge in [0.05, 0.1) is 19.8 Å². The molecule has 0 radical (unpaired) electrons. The highest BCUT2D eigenvalue weighted by atomic mass is 16.5. The second-order valence-electron chi connectivity index (χ2n) is 8.30. The Morgan fingerprint density at radius 2 is 1.78 bits per heavy atom. The van der Waals surface area contributed by atoms with E-state index in [4.69, 9.17) is 9.73 Å². The van der Waals surface area contributed by atoms with Crippen molar-refractivity contribution in [2.75, 3.05) is 39.4 Å². The zero-order chi connectivity index (χ0) is 22.2. The fourth-order valence-corrected chi connectivity index (χ4v) is 4.33. The van der Waals surface area contributed by atoms with Crippen LogP contribution in [0.2, 0.25) is 0 Å². The van der Waals surface area contributed by atoms with Crippen LogP contribution in [-0.4, -0.2) is 55.2 Å². The van der Waals surface area contributed by atoms with Gasteiger partial charge in [-0.3, -0.25) is 4.90 Å². The summed E-state index contributed by atoms with van der Waals surface area (Å²) in [6, 6.07) is 17.2. The van der Waals surface area contributed by atoms with Gasteiger partial charge < -0.3 is 20.4 Å². The van der Waals surface area contributed by atoms with Crippen molar-refractivity contribution >= 4 is 16.9 Å². The third-order valence-electron chi connectivity index (χ3n) is 6.06. The molecule has 0 spiro atoms. The summed E-state index contributed by atoms with van der Waals surface area (Å²) in [5.74, 6) is 0.867. The summed E-state index contributed by atoms with van der Waals surface area (Å²) in [7, 11) is 0. The van der Waals surface area contributed by atoms with Crippen LogP contribution in [0.15, 0.2) is 53.5 Å². The lowest BCUT2D eigenvalue weighted by Crippen LogP contribution is -2.38. The number of guanidine groups is 1. The van der Waals surface area contributed by atoms with E-state index in [0.29, 0.717) is 6.54 Å². The van der Waals surface area contributed by atoms with Crippen LogP contribution in [-0.2, 0) is 24.2 Å². The van der Waals surface area contributed by atoms with Gasteiger partial charge in [0.2, 0.25) is 0 Å². The van der Waals surface area contributed by atoms with Crippen LogP contribution < -0.4 is 10.6 Å². The Morgan fingerprint density at radius 3 is 2.59 bits per heavy atom. The molecule has 1 aliphatic rings. The Hall–Kier alpha value is -2.83. The highest BCUT2D eigenvalue weighted by molar-refractivity contribution is 5.84. The Morgan fingerprint density at radius 1 is 1.03 bits per heavy atom. The second-order valence-corrected chi connectivity index (χ2v) is 8.30. The van der Waals surface area contributed by atoms with Crippen molar-refractivity contribution in [2.24, 2.45) is 4.99 Å². The molecule has 1 aromatic heterocycles. The number of aliphatic imine (C=N–C) groups is 1. The number of rotatable bonds is 8. The average Bonchev–Trinajstić information content (AvgIpc) is 3.14. The summed E-state index contributed by atoms with van der Waals surface area (Å²) < 4.78 is 5.49. The number of aromatic amines is 1. The van der Waals surface area contributed by atoms with E-state index in [9.17, 15) is 0 Å². The number of ether oxygens (including phenoxy) is 1. The lowest BCUT2D eigenvalue weighted by atomic mass is 10.1. The molecule has 0 bridgehead atoms. The number of hydrogen-bond donors (Lipinski definition) is 3. The van der Waals surface area contributed by atoms with Crippen molar-refractivity contribution in [1.82, 2.24) is 20.5 Å². The van der Waals surface area contributed by atoms with E-state index in [-0.39, 0.29) is 0 Å². The molecule has 0 atom stereocenters. The summed E-state index contributed by atoms with van der Waals surface area (Å²) in [6.07, 6.45) is 0.952. The van der Waals surface area contributed by atoms with Crippen LogP contribution in [0.25, 0.3) is 10.9 Å². The third kappa shape index (κ3) is 5.69. The maximum atomic E-state index is 5.49. The lowest BCUT2D eigenvalue weighted by Gasteiger charge is -2.27. The van der Waals surface area contributed by atoms with Crippen LogP contribution in [0.5, 0.6) is 0 Å². The molecule has 6 nitrogen and oxygen atoms in total. The van der Waals surface area contributed by atoms with E-state index in [1.165, 1.54) is 33.3 Å². The maximum absolute atomic E-state index is 5.49. The number of para-hydroxylation sites is 1. The predicted molar refractivity (Wildman–Crippen MR) is 132 cm³/mol. The summed E-state index contributed by atoms with van der Waals surface area (Å²) in [5.41, 5.74) is 6.45. The number of benzene rings is 2. The summed E-state index contributed by atoms with van der Waals surface area (Å²) in [4.78, 5) is 10.8. The van der Waals surface area contributed by atoms with Crippen molar-refractivity contribution < 1.29 is 4.74 Å². The Labute approximate surface area is 191 Å². The summed E-state index contributed by atoms with van der Waals surface area (Å²) >= 11 is 0. The van der Waals surface area contributed by atoms with E-state index in [2.05, 4.69) is 82.9 Å². The highest BCUT2D eigenvalue weighted by Gasteiger charge is 2.13. The van der Waals surface area contributed by atoms with Gasteiger partial charge in [-0.15, -0.1) is 0 Å². The SMILES string of the molecule is CCNC(=NCc1ccccc1CN1CCOCC1)NCCc1c(C)[nH]c2ccccc12. The van der Waals surface area contributed by atoms with Gasteiger partial charge in [0.15, 0.2) is 5.96 Å². The third-order valence-corrected chi connectivity index (χ3v) is 6.06. The van der Waals surface area contributed by atoms with Crippen molar-refractivity contribution in [3.8, 4) is 0 Å². The lowest BCUT2D eigenvalue weighted by molar-refractivity contribution is 0.0341. The van der Waals surface area contributed by atoms with Gasteiger partial charge in [-0.1, -0.05) is 42.5 Å². The van der Waals surface area contributed by atoms with Crippen LogP contribution in [0.1, 0.15) is 29.3 Å². The predicted octanol–water partition coefficient (Wildman–Crippen LogP) is 3.61. The molecule has 1 aliphatic heterocycles. The highest BCUT2D eigenvalue weighted by Crippen LogP contribution is 2.22. The Bertz CT molecular complexity index is 1040. The fraction of sp³-hybridized carbons (Fsp3) is 0.423. The number of aryl methyl sites for hydroxylation is 1. The molecule has 6 heteroatoms. The van der Waals surface area contributed by atoms with E-state index in [0.717, 1.165) is 58.3 Å². The van der Waals surface area contributed by atoms with Gasteiger partial charge in [-0.2, -0.15) is 0 Å². The average molecular weight is 434 g/mol. The molecule has 3 N–H and O–H groups in total. The number of nitrogens with zero attached hydrogens (tertiary/aromatic N) is 2. The molecule has 1 fully saturated rings. The molecule has 32 heavy (non-hydrogen) atoms. The van der Waals surface area contributed by atoms with Crippen LogP contribution in [0, 0.1) is 6.92 Å². The number of H-pyrrole nitrogens is 1. The van der Waals surface area contributed by atoms with Crippen molar-refractivity contribution in [1.29, 1.82) is 0 Å². The normalized spacial score (nSPS) is 15.2. The molecule has 4 rings (SSSR count). The van der Waals surface area contributed by atoms with Crippen molar-refractivity contribution in [2.45, 2.75) is 33.4 Å². The molecule has 3 aromatic rings. The van der Waals surface area contributed by atoms with Crippen molar-refractivity contribution in [3.05, 3.63) is 70.9 Å². The number of morpholine rings is 1. The number of aromatic nitrogens is 1. The molecule has 1 saturated heterocycles. The van der Waals surface area contributed by atoms with E-state index in [1.54, 1.807) is 0 Å². The quantitative estimate of drug-likeness (QED) is 0.375. The largest absolute Gasteiger partial charge is 0.379 e. The van der Waals surface area contributed by atoms with Gasteiger partial charge in [0.25, 0.3) is 0 Å². The van der Waals surface area contributed by atoms with Crippen LogP contribution in [0.4, 0.5) is 0 Å². The first-order chi connectivity index (χ1) is 15.7. The molecule has 0 aliphatic carbocycles. The van der Waals surface area contributed by atoms with Crippen LogP contribution >= 0.6 is 0 Å². The van der Waals surface area contributed by atoms with E-state index in [1.807, 2.05) is 0 Å². The smallest absolute Gasteiger partial charge is 0.191 e. The van der Waals surface area contributed by atoms with Gasteiger partial charge in [0, 0.05) is 49.3 Å².